The van der Waals surface area contributed by atoms with E-state index in [1.54, 1.807) is 0 Å². The van der Waals surface area contributed by atoms with Gasteiger partial charge in [0.25, 0.3) is 0 Å². The van der Waals surface area contributed by atoms with E-state index in [4.69, 9.17) is 5.73 Å². The lowest BCUT2D eigenvalue weighted by Gasteiger charge is -2.34. The molecular formula is C15H25N3. The molecule has 0 aliphatic heterocycles. The van der Waals surface area contributed by atoms with Crippen LogP contribution in [0.1, 0.15) is 44.7 Å². The predicted molar refractivity (Wildman–Crippen MR) is 75.2 cm³/mol. The maximum absolute atomic E-state index is 6.23. The van der Waals surface area contributed by atoms with Crippen molar-refractivity contribution >= 4 is 0 Å². The number of rotatable bonds is 7. The van der Waals surface area contributed by atoms with Crippen LogP contribution < -0.4 is 5.73 Å². The van der Waals surface area contributed by atoms with Gasteiger partial charge in [0.15, 0.2) is 0 Å². The summed E-state index contributed by atoms with van der Waals surface area (Å²) in [7, 11) is 0. The third kappa shape index (κ3) is 3.53. The monoisotopic (exact) mass is 247 g/mol. The molecule has 0 spiro atoms. The quantitative estimate of drug-likeness (QED) is 0.805. The van der Waals surface area contributed by atoms with Gasteiger partial charge in [-0.15, -0.1) is 0 Å². The molecular weight excluding hydrogens is 222 g/mol. The molecule has 1 aliphatic rings. The molecule has 1 aromatic heterocycles. The van der Waals surface area contributed by atoms with Crippen molar-refractivity contribution in [3.63, 3.8) is 0 Å². The van der Waals surface area contributed by atoms with Gasteiger partial charge in [-0.25, -0.2) is 0 Å². The van der Waals surface area contributed by atoms with Gasteiger partial charge in [-0.2, -0.15) is 0 Å². The van der Waals surface area contributed by atoms with Crippen LogP contribution in [0.2, 0.25) is 0 Å². The van der Waals surface area contributed by atoms with Gasteiger partial charge in [0, 0.05) is 31.0 Å². The molecule has 3 nitrogen and oxygen atoms in total. The third-order valence-electron chi connectivity index (χ3n) is 3.64. The highest BCUT2D eigenvalue weighted by Crippen LogP contribution is 2.33. The van der Waals surface area contributed by atoms with Crippen molar-refractivity contribution in [2.24, 2.45) is 11.7 Å². The Balaban J connectivity index is 2.14. The van der Waals surface area contributed by atoms with E-state index in [2.05, 4.69) is 35.9 Å². The number of hydrogen-bond donors (Lipinski definition) is 1. The summed E-state index contributed by atoms with van der Waals surface area (Å²) in [5.74, 6) is 0.902. The summed E-state index contributed by atoms with van der Waals surface area (Å²) in [6.45, 7) is 6.68. The van der Waals surface area contributed by atoms with Gasteiger partial charge in [0.1, 0.15) is 0 Å². The van der Waals surface area contributed by atoms with E-state index in [1.165, 1.54) is 31.4 Å². The van der Waals surface area contributed by atoms with Crippen LogP contribution in [0.5, 0.6) is 0 Å². The summed E-state index contributed by atoms with van der Waals surface area (Å²) in [4.78, 5) is 6.67. The Morgan fingerprint density at radius 2 is 2.06 bits per heavy atom. The highest BCUT2D eigenvalue weighted by Gasteiger charge is 2.30. The van der Waals surface area contributed by atoms with Gasteiger partial charge in [0.2, 0.25) is 0 Å². The Labute approximate surface area is 110 Å². The summed E-state index contributed by atoms with van der Waals surface area (Å²) in [6.07, 6.45) is 7.70. The Morgan fingerprint density at radius 3 is 2.56 bits per heavy atom. The van der Waals surface area contributed by atoms with Crippen molar-refractivity contribution in [3.05, 3.63) is 30.1 Å². The zero-order valence-electron chi connectivity index (χ0n) is 11.5. The molecule has 18 heavy (non-hydrogen) atoms. The SMILES string of the molecule is CCCN(CC1CC1)C(c1ccncc1)C(C)N. The maximum Gasteiger partial charge on any atom is 0.0497 e. The second-order valence-electron chi connectivity index (χ2n) is 5.52. The average Bonchev–Trinajstić information content (AvgIpc) is 3.14. The Kier molecular flexibility index (Phi) is 4.72. The molecule has 1 fully saturated rings. The second-order valence-corrected chi connectivity index (χ2v) is 5.52. The minimum absolute atomic E-state index is 0.151. The topological polar surface area (TPSA) is 42.2 Å². The molecule has 1 heterocycles. The van der Waals surface area contributed by atoms with Crippen molar-refractivity contribution < 1.29 is 0 Å². The molecule has 0 bridgehead atoms. The molecule has 2 atom stereocenters. The van der Waals surface area contributed by atoms with E-state index in [0.717, 1.165) is 12.5 Å². The van der Waals surface area contributed by atoms with Crippen molar-refractivity contribution in [2.45, 2.75) is 45.2 Å². The summed E-state index contributed by atoms with van der Waals surface area (Å²) in [5.41, 5.74) is 7.53. The third-order valence-corrected chi connectivity index (χ3v) is 3.64. The van der Waals surface area contributed by atoms with Gasteiger partial charge in [-0.05, 0) is 56.3 Å². The lowest BCUT2D eigenvalue weighted by Crippen LogP contribution is -2.41. The highest BCUT2D eigenvalue weighted by atomic mass is 15.2. The zero-order valence-corrected chi connectivity index (χ0v) is 11.5. The lowest BCUT2D eigenvalue weighted by atomic mass is 9.99. The van der Waals surface area contributed by atoms with Gasteiger partial charge in [0.05, 0.1) is 0 Å². The fourth-order valence-electron chi connectivity index (χ4n) is 2.67. The predicted octanol–water partition coefficient (Wildman–Crippen LogP) is 2.59. The molecule has 0 amide bonds. The standard InChI is InChI=1S/C15H25N3/c1-3-10-18(11-13-4-5-13)15(12(2)16)14-6-8-17-9-7-14/h6-9,12-13,15H,3-5,10-11,16H2,1-2H3. The Hall–Kier alpha value is -0.930. The number of nitrogens with two attached hydrogens (primary N) is 1. The van der Waals surface area contributed by atoms with Crippen molar-refractivity contribution in [2.75, 3.05) is 13.1 Å². The van der Waals surface area contributed by atoms with Crippen LogP contribution >= 0.6 is 0 Å². The van der Waals surface area contributed by atoms with Crippen LogP contribution in [-0.2, 0) is 0 Å². The molecule has 1 aromatic rings. The molecule has 2 N–H and O–H groups in total. The number of nitrogens with zero attached hydrogens (tertiary/aromatic N) is 2. The summed E-state index contributed by atoms with van der Waals surface area (Å²) in [5, 5.41) is 0. The molecule has 2 unspecified atom stereocenters. The Bertz CT molecular complexity index is 346. The van der Waals surface area contributed by atoms with E-state index >= 15 is 0 Å². The van der Waals surface area contributed by atoms with Crippen LogP contribution in [0.3, 0.4) is 0 Å². The summed E-state index contributed by atoms with van der Waals surface area (Å²) in [6, 6.07) is 4.68. The van der Waals surface area contributed by atoms with E-state index in [-0.39, 0.29) is 6.04 Å². The van der Waals surface area contributed by atoms with Gasteiger partial charge < -0.3 is 5.73 Å². The first-order valence-electron chi connectivity index (χ1n) is 7.12. The first kappa shape index (κ1) is 13.5. The smallest absolute Gasteiger partial charge is 0.0497 e. The molecule has 1 aliphatic carbocycles. The molecule has 0 aromatic carbocycles. The van der Waals surface area contributed by atoms with E-state index < -0.39 is 0 Å². The number of hydrogen-bond acceptors (Lipinski definition) is 3. The molecule has 0 saturated heterocycles. The van der Waals surface area contributed by atoms with E-state index in [1.807, 2.05) is 12.4 Å². The number of aromatic nitrogens is 1. The van der Waals surface area contributed by atoms with Crippen LogP contribution in [0.4, 0.5) is 0 Å². The van der Waals surface area contributed by atoms with Crippen molar-refractivity contribution in [3.8, 4) is 0 Å². The molecule has 0 radical (unpaired) electrons. The van der Waals surface area contributed by atoms with Crippen molar-refractivity contribution in [1.82, 2.24) is 9.88 Å². The largest absolute Gasteiger partial charge is 0.326 e. The molecule has 2 rings (SSSR count). The van der Waals surface area contributed by atoms with Gasteiger partial charge in [-0.3, -0.25) is 9.88 Å². The Morgan fingerprint density at radius 1 is 1.39 bits per heavy atom. The second kappa shape index (κ2) is 6.30. The van der Waals surface area contributed by atoms with Crippen LogP contribution in [0.15, 0.2) is 24.5 Å². The average molecular weight is 247 g/mol. The fourth-order valence-corrected chi connectivity index (χ4v) is 2.67. The van der Waals surface area contributed by atoms with Crippen LogP contribution in [-0.4, -0.2) is 29.0 Å². The fraction of sp³-hybridized carbons (Fsp3) is 0.667. The van der Waals surface area contributed by atoms with E-state index in [9.17, 15) is 0 Å². The molecule has 100 valence electrons. The van der Waals surface area contributed by atoms with Crippen molar-refractivity contribution in [1.29, 1.82) is 0 Å². The normalized spacial score (nSPS) is 18.9. The minimum atomic E-state index is 0.151. The highest BCUT2D eigenvalue weighted by molar-refractivity contribution is 5.17. The van der Waals surface area contributed by atoms with Gasteiger partial charge >= 0.3 is 0 Å². The van der Waals surface area contributed by atoms with E-state index in [0.29, 0.717) is 6.04 Å². The minimum Gasteiger partial charge on any atom is -0.326 e. The zero-order chi connectivity index (χ0) is 13.0. The lowest BCUT2D eigenvalue weighted by molar-refractivity contribution is 0.169. The number of pyridine rings is 1. The van der Waals surface area contributed by atoms with Crippen LogP contribution in [0.25, 0.3) is 0 Å². The summed E-state index contributed by atoms with van der Waals surface area (Å²) >= 11 is 0. The summed E-state index contributed by atoms with van der Waals surface area (Å²) < 4.78 is 0. The maximum atomic E-state index is 6.23. The molecule has 1 saturated carbocycles. The molecule has 3 heteroatoms. The first-order valence-corrected chi connectivity index (χ1v) is 7.12. The van der Waals surface area contributed by atoms with Crippen LogP contribution in [0, 0.1) is 5.92 Å². The van der Waals surface area contributed by atoms with Gasteiger partial charge in [-0.1, -0.05) is 6.92 Å². The first-order chi connectivity index (χ1) is 8.72.